The van der Waals surface area contributed by atoms with Gasteiger partial charge < -0.3 is 40.3 Å². The topological polar surface area (TPSA) is 278 Å². The number of fused-ring (bicyclic) bond motifs is 2. The summed E-state index contributed by atoms with van der Waals surface area (Å²) in [6, 6.07) is 12.3. The van der Waals surface area contributed by atoms with Crippen LogP contribution in [0.4, 0.5) is 11.5 Å². The third-order valence-corrected chi connectivity index (χ3v) is 12.9. The molecule has 2 unspecified atom stereocenters. The van der Waals surface area contributed by atoms with Crippen molar-refractivity contribution in [2.45, 2.75) is 38.0 Å². The maximum Gasteiger partial charge on any atom is 0.490 e. The number of nitrogens with zero attached hydrogens (tertiary/aromatic N) is 5. The number of phosphoric ester groups is 1. The molecule has 5 rings (SSSR count). The van der Waals surface area contributed by atoms with E-state index in [1.54, 1.807) is 11.3 Å². The highest BCUT2D eigenvalue weighted by Crippen LogP contribution is 2.66. The molecule has 0 saturated carbocycles. The second-order valence-electron chi connectivity index (χ2n) is 12.4. The molecule has 0 radical (unpaired) electrons. The first kappa shape index (κ1) is 42.3. The third-order valence-electron chi connectivity index (χ3n) is 8.02. The van der Waals surface area contributed by atoms with Crippen molar-refractivity contribution in [1.29, 1.82) is 0 Å². The molecular weight excluding hydrogens is 803 g/mol. The van der Waals surface area contributed by atoms with Crippen molar-refractivity contribution < 1.29 is 55.9 Å². The van der Waals surface area contributed by atoms with E-state index in [9.17, 15) is 33.1 Å². The number of phosphoric acid groups is 3. The van der Waals surface area contributed by atoms with Gasteiger partial charge >= 0.3 is 29.2 Å². The van der Waals surface area contributed by atoms with Crippen molar-refractivity contribution in [1.82, 2.24) is 24.4 Å². The van der Waals surface area contributed by atoms with Crippen LogP contribution >= 0.6 is 34.8 Å². The fourth-order valence-electron chi connectivity index (χ4n) is 5.37. The number of anilines is 2. The van der Waals surface area contributed by atoms with Crippen LogP contribution in [0, 0.1) is 11.8 Å². The normalized spacial score (nSPS) is 17.9. The predicted molar refractivity (Wildman–Crippen MR) is 202 cm³/mol. The Kier molecular flexibility index (Phi) is 13.5. The van der Waals surface area contributed by atoms with E-state index in [4.69, 9.17) is 25.2 Å². The average Bonchev–Trinajstić information content (AvgIpc) is 3.56. The number of ether oxygens (including phenoxy) is 1. The Hall–Kier alpha value is -3.86. The minimum Gasteiger partial charge on any atom is -0.382 e. The second kappa shape index (κ2) is 17.5. The molecule has 0 spiro atoms. The van der Waals surface area contributed by atoms with Gasteiger partial charge in [0, 0.05) is 44.0 Å². The summed E-state index contributed by atoms with van der Waals surface area (Å²) < 4.78 is 56.2. The van der Waals surface area contributed by atoms with Gasteiger partial charge in [-0.2, -0.15) is 13.6 Å². The monoisotopic (exact) mass is 842 g/mol. The molecule has 1 fully saturated rings. The van der Waals surface area contributed by atoms with Crippen molar-refractivity contribution in [3.63, 3.8) is 0 Å². The fourth-order valence-corrected chi connectivity index (χ4v) is 9.45. The van der Waals surface area contributed by atoms with Crippen molar-refractivity contribution in [3.05, 3.63) is 64.0 Å². The van der Waals surface area contributed by atoms with Crippen LogP contribution in [0.15, 0.2) is 47.4 Å². The second-order valence-corrected chi connectivity index (χ2v) is 17.9. The maximum atomic E-state index is 12.6. The highest BCUT2D eigenvalue weighted by atomic mass is 32.1. The first-order valence-electron chi connectivity index (χ1n) is 16.4. The Balaban J connectivity index is 1.09. The van der Waals surface area contributed by atoms with Gasteiger partial charge in [0.15, 0.2) is 0 Å². The molecule has 1 aromatic carbocycles. The van der Waals surface area contributed by atoms with Crippen LogP contribution in [0.25, 0.3) is 20.8 Å². The van der Waals surface area contributed by atoms with E-state index in [1.807, 2.05) is 45.4 Å². The van der Waals surface area contributed by atoms with Gasteiger partial charge in [-0.05, 0) is 43.5 Å². The van der Waals surface area contributed by atoms with Crippen LogP contribution in [0.3, 0.4) is 0 Å². The van der Waals surface area contributed by atoms with E-state index in [1.165, 1.54) is 6.20 Å². The summed E-state index contributed by atoms with van der Waals surface area (Å²) in [5.41, 5.74) is 8.17. The quantitative estimate of drug-likeness (QED) is 0.0458. The molecule has 2 aromatic rings. The highest BCUT2D eigenvalue weighted by molar-refractivity contribution is 7.66. The van der Waals surface area contributed by atoms with E-state index >= 15 is 0 Å². The molecule has 2 aliphatic heterocycles. The predicted octanol–water partition coefficient (Wildman–Crippen LogP) is 1.98. The number of benzene rings is 2. The molecule has 1 amide bonds. The Morgan fingerprint density at radius 2 is 1.87 bits per heavy atom. The smallest absolute Gasteiger partial charge is 0.382 e. The van der Waals surface area contributed by atoms with Crippen LogP contribution in [0.5, 0.6) is 0 Å². The molecule has 1 aliphatic carbocycles. The average molecular weight is 843 g/mol. The standard InChI is InChI=1S/C31H38N7O13P3S/c1-36(2)21-8-11-24-26(16-21)55-27-17-22(9-12-25(27)34-24)37(3)15-5-7-28(39)33-14-4-6-20-18-38(31(40)35-30(20)32)29-13-10-23(49-29)19-48-53(44,45)51-54(46,47)50-52(41,42)43/h8-9,11-12,16-18,23,29H,5,7,10,13-15,19H2,1-3H3,(H6-,32,33,35,39,40,41,42,43,44,45,46,47)/p+1/t23-,29+/m0/s1. The van der Waals surface area contributed by atoms with Crippen molar-refractivity contribution in [2.75, 3.05) is 51.5 Å². The fraction of sp³-hybridized carbons (Fsp3) is 0.387. The van der Waals surface area contributed by atoms with Crippen LogP contribution in [-0.2, 0) is 36.4 Å². The zero-order valence-electron chi connectivity index (χ0n) is 29.7. The van der Waals surface area contributed by atoms with E-state index in [0.717, 1.165) is 36.4 Å². The minimum atomic E-state index is -5.67. The van der Waals surface area contributed by atoms with Gasteiger partial charge in [0.05, 0.1) is 45.6 Å². The van der Waals surface area contributed by atoms with Crippen LogP contribution in [-0.4, -0.2) is 87.0 Å². The number of nitrogens with one attached hydrogen (secondary N) is 1. The number of carbonyl (C=O) groups is 1. The number of aromatic nitrogens is 3. The van der Waals surface area contributed by atoms with Crippen molar-refractivity contribution in [3.8, 4) is 22.4 Å². The van der Waals surface area contributed by atoms with Gasteiger partial charge in [-0.15, -0.1) is 11.3 Å². The van der Waals surface area contributed by atoms with E-state index in [2.05, 4.69) is 56.9 Å². The zero-order valence-corrected chi connectivity index (χ0v) is 33.2. The molecule has 1 saturated heterocycles. The zero-order chi connectivity index (χ0) is 40.1. The molecular formula is C31H39N7O13P3S+. The van der Waals surface area contributed by atoms with Crippen LogP contribution in [0.2, 0.25) is 0 Å². The van der Waals surface area contributed by atoms with Gasteiger partial charge in [-0.3, -0.25) is 13.9 Å². The summed E-state index contributed by atoms with van der Waals surface area (Å²) in [6.07, 6.45) is 0.738. The van der Waals surface area contributed by atoms with Gasteiger partial charge in [-0.25, -0.2) is 28.0 Å². The highest BCUT2D eigenvalue weighted by Gasteiger charge is 2.41. The van der Waals surface area contributed by atoms with E-state index in [0.29, 0.717) is 13.0 Å². The number of hydrogen-bond donors (Lipinski definition) is 6. The van der Waals surface area contributed by atoms with Crippen LogP contribution in [0.1, 0.15) is 37.5 Å². The van der Waals surface area contributed by atoms with E-state index in [-0.39, 0.29) is 43.1 Å². The summed E-state index contributed by atoms with van der Waals surface area (Å²) in [4.78, 5) is 73.1. The number of amides is 1. The number of nitrogen functional groups attached to an aromatic ring is 1. The number of hydrogen-bond acceptors (Lipinski definition) is 14. The van der Waals surface area contributed by atoms with Gasteiger partial charge in [0.2, 0.25) is 11.3 Å². The Morgan fingerprint density at radius 3 is 2.60 bits per heavy atom. The van der Waals surface area contributed by atoms with E-state index < -0.39 is 48.1 Å². The third kappa shape index (κ3) is 12.1. The molecule has 1 aromatic heterocycles. The maximum absolute atomic E-state index is 12.6. The Morgan fingerprint density at radius 1 is 1.11 bits per heavy atom. The Bertz CT molecular complexity index is 2390. The van der Waals surface area contributed by atoms with Gasteiger partial charge in [-0.1, -0.05) is 11.8 Å². The van der Waals surface area contributed by atoms with Crippen molar-refractivity contribution >= 4 is 62.4 Å². The molecule has 7 N–H and O–H groups in total. The number of nitrogens with two attached hydrogens (primary N) is 1. The van der Waals surface area contributed by atoms with Gasteiger partial charge in [0.1, 0.15) is 26.1 Å². The number of rotatable bonds is 14. The lowest BCUT2D eigenvalue weighted by Gasteiger charge is -2.19. The largest absolute Gasteiger partial charge is 0.490 e. The first-order valence-corrected chi connectivity index (χ1v) is 21.8. The molecule has 3 aliphatic rings. The summed E-state index contributed by atoms with van der Waals surface area (Å²) in [5, 5.41) is 3.84. The van der Waals surface area contributed by atoms with Gasteiger partial charge in [0.25, 0.3) is 0 Å². The molecule has 4 atom stereocenters. The molecule has 20 nitrogen and oxygen atoms in total. The molecule has 24 heteroatoms. The molecule has 3 heterocycles. The minimum absolute atomic E-state index is 0.00159. The molecule has 55 heavy (non-hydrogen) atoms. The number of carbonyl (C=O) groups excluding carboxylic acids is 1. The lowest BCUT2D eigenvalue weighted by atomic mass is 10.2. The van der Waals surface area contributed by atoms with Crippen LogP contribution < -0.4 is 31.6 Å². The lowest BCUT2D eigenvalue weighted by Crippen LogP contribution is -2.29. The summed E-state index contributed by atoms with van der Waals surface area (Å²) in [7, 11) is -10.6. The molecule has 296 valence electrons. The van der Waals surface area contributed by atoms with Crippen molar-refractivity contribution in [2.24, 2.45) is 0 Å². The Labute approximate surface area is 318 Å². The summed E-state index contributed by atoms with van der Waals surface area (Å²) in [6.45, 7) is -0.0387. The summed E-state index contributed by atoms with van der Waals surface area (Å²) in [5.74, 6) is 5.20. The molecule has 0 bridgehead atoms. The first-order chi connectivity index (χ1) is 25.8. The summed E-state index contributed by atoms with van der Waals surface area (Å²) >= 11 is 1.68. The SMILES string of the molecule is CN(CCCC(=O)NCC#Cc1cn([C@H]2CC[C@@H](COP(=O)(O)OP(=O)(O)OP(=O)(O)O)O2)c(=O)nc1N)c1ccc2nc3ccc(=[N+](C)C)cc-3sc2c1. The lowest BCUT2D eigenvalue weighted by molar-refractivity contribution is -0.120.